The molecule has 0 amide bonds. The summed E-state index contributed by atoms with van der Waals surface area (Å²) in [5.74, 6) is 0.673. The van der Waals surface area contributed by atoms with Crippen molar-refractivity contribution in [3.8, 4) is 0 Å². The first-order valence-corrected chi connectivity index (χ1v) is 5.24. The number of benzene rings is 1. The van der Waals surface area contributed by atoms with Gasteiger partial charge in [0.1, 0.15) is 11.6 Å². The molecule has 14 heavy (non-hydrogen) atoms. The summed E-state index contributed by atoms with van der Waals surface area (Å²) in [6, 6.07) is 3.23. The zero-order chi connectivity index (χ0) is 10.3. The van der Waals surface area contributed by atoms with Gasteiger partial charge in [-0.05, 0) is 35.8 Å². The lowest BCUT2D eigenvalue weighted by Gasteiger charge is -2.01. The van der Waals surface area contributed by atoms with E-state index < -0.39 is 0 Å². The SMILES string of the molecule is CCn1c(C)nc2cc(Br)c(F)cc21. The van der Waals surface area contributed by atoms with E-state index in [1.807, 2.05) is 18.4 Å². The van der Waals surface area contributed by atoms with E-state index in [4.69, 9.17) is 0 Å². The molecule has 0 fully saturated rings. The van der Waals surface area contributed by atoms with Gasteiger partial charge in [-0.2, -0.15) is 0 Å². The van der Waals surface area contributed by atoms with Gasteiger partial charge in [0, 0.05) is 12.6 Å². The molecule has 1 aromatic heterocycles. The van der Waals surface area contributed by atoms with E-state index in [0.717, 1.165) is 23.4 Å². The molecule has 0 radical (unpaired) electrons. The molecule has 1 aromatic carbocycles. The van der Waals surface area contributed by atoms with Gasteiger partial charge >= 0.3 is 0 Å². The average molecular weight is 257 g/mol. The molecule has 0 atom stereocenters. The number of nitrogens with zero attached hydrogens (tertiary/aromatic N) is 2. The molecule has 0 aliphatic rings. The van der Waals surface area contributed by atoms with Crippen LogP contribution in [0.2, 0.25) is 0 Å². The summed E-state index contributed by atoms with van der Waals surface area (Å²) in [5.41, 5.74) is 1.68. The second-order valence-corrected chi connectivity index (χ2v) is 4.01. The van der Waals surface area contributed by atoms with Crippen LogP contribution in [0.25, 0.3) is 11.0 Å². The van der Waals surface area contributed by atoms with Crippen LogP contribution >= 0.6 is 15.9 Å². The van der Waals surface area contributed by atoms with E-state index in [-0.39, 0.29) is 5.82 Å². The highest BCUT2D eigenvalue weighted by atomic mass is 79.9. The van der Waals surface area contributed by atoms with Gasteiger partial charge in [0.2, 0.25) is 0 Å². The predicted octanol–water partition coefficient (Wildman–Crippen LogP) is 3.27. The number of hydrogen-bond acceptors (Lipinski definition) is 1. The molecular weight excluding hydrogens is 247 g/mol. The number of imidazole rings is 1. The molecule has 0 saturated carbocycles. The van der Waals surface area contributed by atoms with Crippen molar-refractivity contribution in [3.63, 3.8) is 0 Å². The molecule has 1 heterocycles. The molecular formula is C10H10BrFN2. The van der Waals surface area contributed by atoms with Crippen LogP contribution in [0.15, 0.2) is 16.6 Å². The van der Waals surface area contributed by atoms with Gasteiger partial charge in [0.15, 0.2) is 0 Å². The monoisotopic (exact) mass is 256 g/mol. The van der Waals surface area contributed by atoms with Crippen molar-refractivity contribution in [3.05, 3.63) is 28.2 Å². The maximum Gasteiger partial charge on any atom is 0.139 e. The number of aryl methyl sites for hydroxylation is 2. The molecule has 4 heteroatoms. The first-order chi connectivity index (χ1) is 6.63. The van der Waals surface area contributed by atoms with Crippen molar-refractivity contribution >= 4 is 27.0 Å². The first kappa shape index (κ1) is 9.65. The van der Waals surface area contributed by atoms with Gasteiger partial charge in [0.25, 0.3) is 0 Å². The Labute approximate surface area is 89.9 Å². The maximum atomic E-state index is 13.3. The number of hydrogen-bond donors (Lipinski definition) is 0. The second kappa shape index (κ2) is 3.35. The van der Waals surface area contributed by atoms with Gasteiger partial charge in [-0.1, -0.05) is 0 Å². The fraction of sp³-hybridized carbons (Fsp3) is 0.300. The number of fused-ring (bicyclic) bond motifs is 1. The van der Waals surface area contributed by atoms with Crippen LogP contribution in [0.4, 0.5) is 4.39 Å². The minimum Gasteiger partial charge on any atom is -0.328 e. The highest BCUT2D eigenvalue weighted by Crippen LogP contribution is 2.23. The molecule has 2 aromatic rings. The van der Waals surface area contributed by atoms with Gasteiger partial charge < -0.3 is 4.57 Å². The third kappa shape index (κ3) is 1.34. The molecule has 0 N–H and O–H groups in total. The number of aromatic nitrogens is 2. The van der Waals surface area contributed by atoms with E-state index in [0.29, 0.717) is 4.47 Å². The van der Waals surface area contributed by atoms with Crippen molar-refractivity contribution in [1.29, 1.82) is 0 Å². The molecule has 74 valence electrons. The fourth-order valence-electron chi connectivity index (χ4n) is 1.64. The molecule has 0 aliphatic heterocycles. The van der Waals surface area contributed by atoms with Crippen molar-refractivity contribution in [2.45, 2.75) is 20.4 Å². The van der Waals surface area contributed by atoms with E-state index in [1.54, 1.807) is 6.07 Å². The summed E-state index contributed by atoms with van der Waals surface area (Å²) in [4.78, 5) is 4.35. The Morgan fingerprint density at radius 3 is 2.86 bits per heavy atom. The van der Waals surface area contributed by atoms with Gasteiger partial charge in [-0.25, -0.2) is 9.37 Å². The standard InChI is InChI=1S/C10H10BrFN2/c1-3-14-6(2)13-9-4-7(11)8(12)5-10(9)14/h4-5H,3H2,1-2H3. The quantitative estimate of drug-likeness (QED) is 0.766. The zero-order valence-electron chi connectivity index (χ0n) is 8.01. The van der Waals surface area contributed by atoms with Crippen molar-refractivity contribution in [2.24, 2.45) is 0 Å². The highest BCUT2D eigenvalue weighted by molar-refractivity contribution is 9.10. The number of rotatable bonds is 1. The lowest BCUT2D eigenvalue weighted by atomic mass is 10.3. The first-order valence-electron chi connectivity index (χ1n) is 4.45. The summed E-state index contributed by atoms with van der Waals surface area (Å²) in [7, 11) is 0. The summed E-state index contributed by atoms with van der Waals surface area (Å²) >= 11 is 3.15. The minimum absolute atomic E-state index is 0.243. The van der Waals surface area contributed by atoms with E-state index in [9.17, 15) is 4.39 Å². The van der Waals surface area contributed by atoms with E-state index in [2.05, 4.69) is 20.9 Å². The molecule has 2 rings (SSSR count). The lowest BCUT2D eigenvalue weighted by Crippen LogP contribution is -1.96. The molecule has 0 bridgehead atoms. The Balaban J connectivity index is 2.82. The Kier molecular flexibility index (Phi) is 2.31. The van der Waals surface area contributed by atoms with Crippen molar-refractivity contribution < 1.29 is 4.39 Å². The van der Waals surface area contributed by atoms with Crippen molar-refractivity contribution in [1.82, 2.24) is 9.55 Å². The van der Waals surface area contributed by atoms with Crippen LogP contribution in [0.3, 0.4) is 0 Å². The van der Waals surface area contributed by atoms with E-state index in [1.165, 1.54) is 6.07 Å². The summed E-state index contributed by atoms with van der Waals surface area (Å²) < 4.78 is 15.7. The molecule has 0 aliphatic carbocycles. The average Bonchev–Trinajstić information content (AvgIpc) is 2.42. The smallest absolute Gasteiger partial charge is 0.139 e. The Morgan fingerprint density at radius 1 is 1.50 bits per heavy atom. The number of halogens is 2. The Bertz CT molecular complexity index is 490. The Morgan fingerprint density at radius 2 is 2.21 bits per heavy atom. The molecule has 0 saturated heterocycles. The summed E-state index contributed by atoms with van der Waals surface area (Å²) in [6.45, 7) is 4.76. The van der Waals surface area contributed by atoms with Crippen LogP contribution in [0, 0.1) is 12.7 Å². The largest absolute Gasteiger partial charge is 0.328 e. The zero-order valence-corrected chi connectivity index (χ0v) is 9.60. The lowest BCUT2D eigenvalue weighted by molar-refractivity contribution is 0.621. The van der Waals surface area contributed by atoms with Crippen LogP contribution in [0.1, 0.15) is 12.7 Å². The normalized spacial score (nSPS) is 11.1. The van der Waals surface area contributed by atoms with Crippen molar-refractivity contribution in [2.75, 3.05) is 0 Å². The minimum atomic E-state index is -0.243. The van der Waals surface area contributed by atoms with Crippen LogP contribution in [-0.4, -0.2) is 9.55 Å². The van der Waals surface area contributed by atoms with Gasteiger partial charge in [0.05, 0.1) is 15.5 Å². The Hall–Kier alpha value is -0.900. The van der Waals surface area contributed by atoms with Crippen LogP contribution in [0.5, 0.6) is 0 Å². The predicted molar refractivity (Wildman–Crippen MR) is 57.8 cm³/mol. The van der Waals surface area contributed by atoms with Crippen LogP contribution < -0.4 is 0 Å². The topological polar surface area (TPSA) is 17.8 Å². The fourth-order valence-corrected chi connectivity index (χ4v) is 1.97. The second-order valence-electron chi connectivity index (χ2n) is 3.16. The molecule has 0 spiro atoms. The van der Waals surface area contributed by atoms with E-state index >= 15 is 0 Å². The summed E-state index contributed by atoms with van der Waals surface area (Å²) in [5, 5.41) is 0. The third-order valence-electron chi connectivity index (χ3n) is 2.30. The highest BCUT2D eigenvalue weighted by Gasteiger charge is 2.09. The molecule has 0 unspecified atom stereocenters. The summed E-state index contributed by atoms with van der Waals surface area (Å²) in [6.07, 6.45) is 0. The van der Waals surface area contributed by atoms with Gasteiger partial charge in [-0.3, -0.25) is 0 Å². The van der Waals surface area contributed by atoms with Crippen LogP contribution in [-0.2, 0) is 6.54 Å². The third-order valence-corrected chi connectivity index (χ3v) is 2.91. The maximum absolute atomic E-state index is 13.3. The molecule has 2 nitrogen and oxygen atoms in total. The van der Waals surface area contributed by atoms with Gasteiger partial charge in [-0.15, -0.1) is 0 Å².